The molecule has 8 nitrogen and oxygen atoms in total. The van der Waals surface area contributed by atoms with Crippen LogP contribution in [0.2, 0.25) is 5.02 Å². The van der Waals surface area contributed by atoms with E-state index in [0.29, 0.717) is 36.0 Å². The predicted molar refractivity (Wildman–Crippen MR) is 173 cm³/mol. The molecule has 1 atom stereocenters. The second-order valence-electron chi connectivity index (χ2n) is 10.3. The Bertz CT molecular complexity index is 1420. The highest BCUT2D eigenvalue weighted by molar-refractivity contribution is 7.92. The molecule has 0 aliphatic heterocycles. The number of carbonyl (C=O) groups excluding carboxylic acids is 2. The minimum atomic E-state index is -3.61. The Hall–Kier alpha value is -3.56. The number of hydrogen-bond donors (Lipinski definition) is 1. The molecule has 0 spiro atoms. The Kier molecular flexibility index (Phi) is 13.3. The van der Waals surface area contributed by atoms with Crippen molar-refractivity contribution in [2.75, 3.05) is 30.3 Å². The molecular formula is C33H42ClN3O5S. The average molecular weight is 628 g/mol. The fourth-order valence-corrected chi connectivity index (χ4v) is 5.91. The smallest absolute Gasteiger partial charge is 0.243 e. The van der Waals surface area contributed by atoms with Gasteiger partial charge in [-0.1, -0.05) is 73.5 Å². The molecule has 0 bridgehead atoms. The third-order valence-electron chi connectivity index (χ3n) is 6.99. The van der Waals surface area contributed by atoms with E-state index >= 15 is 0 Å². The van der Waals surface area contributed by atoms with Crippen LogP contribution in [0.4, 0.5) is 5.69 Å². The van der Waals surface area contributed by atoms with Crippen LogP contribution in [0, 0.1) is 0 Å². The van der Waals surface area contributed by atoms with Gasteiger partial charge in [0, 0.05) is 37.5 Å². The van der Waals surface area contributed by atoms with Crippen molar-refractivity contribution in [3.8, 4) is 5.75 Å². The maximum Gasteiger partial charge on any atom is 0.243 e. The largest absolute Gasteiger partial charge is 0.494 e. The van der Waals surface area contributed by atoms with Crippen molar-refractivity contribution >= 4 is 39.1 Å². The number of halogens is 1. The van der Waals surface area contributed by atoms with Crippen LogP contribution in [-0.4, -0.2) is 57.1 Å². The third-order valence-corrected chi connectivity index (χ3v) is 8.55. The highest BCUT2D eigenvalue weighted by Crippen LogP contribution is 2.24. The van der Waals surface area contributed by atoms with Gasteiger partial charge in [-0.05, 0) is 61.2 Å². The molecule has 3 rings (SSSR count). The summed E-state index contributed by atoms with van der Waals surface area (Å²) in [6.45, 7) is 5.19. The van der Waals surface area contributed by atoms with Crippen molar-refractivity contribution in [3.05, 3.63) is 95.0 Å². The molecule has 0 saturated heterocycles. The quantitative estimate of drug-likeness (QED) is 0.190. The first-order valence-corrected chi connectivity index (χ1v) is 16.9. The second-order valence-corrected chi connectivity index (χ2v) is 12.6. The van der Waals surface area contributed by atoms with Crippen LogP contribution in [-0.2, 0) is 32.6 Å². The molecule has 0 radical (unpaired) electrons. The first-order chi connectivity index (χ1) is 20.6. The lowest BCUT2D eigenvalue weighted by Gasteiger charge is -2.32. The number of hydrogen-bond acceptors (Lipinski definition) is 5. The van der Waals surface area contributed by atoms with Crippen LogP contribution in [0.1, 0.15) is 50.7 Å². The van der Waals surface area contributed by atoms with Gasteiger partial charge in [-0.25, -0.2) is 8.42 Å². The Morgan fingerprint density at radius 2 is 1.60 bits per heavy atom. The summed E-state index contributed by atoms with van der Waals surface area (Å²) in [4.78, 5) is 29.1. The van der Waals surface area contributed by atoms with E-state index in [1.165, 1.54) is 4.31 Å². The Labute approximate surface area is 261 Å². The van der Waals surface area contributed by atoms with E-state index in [-0.39, 0.29) is 37.7 Å². The SMILES string of the molecule is CCCCNC(=O)[C@@H](Cc1ccccc1)N(Cc1ccccc1Cl)C(=O)CCCN(c1ccc(OCC)cc1)S(C)(=O)=O. The Morgan fingerprint density at radius 3 is 2.23 bits per heavy atom. The van der Waals surface area contributed by atoms with Crippen LogP contribution >= 0.6 is 11.6 Å². The number of ether oxygens (including phenoxy) is 1. The van der Waals surface area contributed by atoms with Crippen molar-refractivity contribution in [2.45, 2.75) is 58.5 Å². The van der Waals surface area contributed by atoms with Crippen molar-refractivity contribution in [3.63, 3.8) is 0 Å². The van der Waals surface area contributed by atoms with Crippen LogP contribution in [0.25, 0.3) is 0 Å². The van der Waals surface area contributed by atoms with E-state index in [1.807, 2.05) is 62.4 Å². The summed E-state index contributed by atoms with van der Waals surface area (Å²) >= 11 is 6.49. The zero-order chi connectivity index (χ0) is 31.2. The van der Waals surface area contributed by atoms with Gasteiger partial charge in [-0.3, -0.25) is 13.9 Å². The van der Waals surface area contributed by atoms with Crippen molar-refractivity contribution in [1.82, 2.24) is 10.2 Å². The molecule has 1 N–H and O–H groups in total. The normalized spacial score (nSPS) is 11.9. The summed E-state index contributed by atoms with van der Waals surface area (Å²) in [6.07, 6.45) is 3.53. The topological polar surface area (TPSA) is 96.0 Å². The minimum Gasteiger partial charge on any atom is -0.494 e. The molecule has 0 fully saturated rings. The van der Waals surface area contributed by atoms with Gasteiger partial charge >= 0.3 is 0 Å². The van der Waals surface area contributed by atoms with E-state index in [2.05, 4.69) is 5.32 Å². The standard InChI is InChI=1S/C33H42ClN3O5S/c1-4-6-22-35-33(39)31(24-26-13-8-7-9-14-26)36(25-27-15-10-11-16-30(27)34)32(38)17-12-23-37(43(3,40)41)28-18-20-29(21-19-28)42-5-2/h7-11,13-16,18-21,31H,4-6,12,17,22-25H2,1-3H3,(H,35,39)/t31-/m1/s1. The first-order valence-electron chi connectivity index (χ1n) is 14.7. The van der Waals surface area contributed by atoms with E-state index in [4.69, 9.17) is 16.3 Å². The number of anilines is 1. The van der Waals surface area contributed by atoms with Gasteiger partial charge in [0.2, 0.25) is 21.8 Å². The summed E-state index contributed by atoms with van der Waals surface area (Å²) in [5.41, 5.74) is 2.14. The number of nitrogens with one attached hydrogen (secondary N) is 1. The van der Waals surface area contributed by atoms with E-state index < -0.39 is 16.1 Å². The number of nitrogens with zero attached hydrogens (tertiary/aromatic N) is 2. The molecule has 0 unspecified atom stereocenters. The minimum absolute atomic E-state index is 0.0427. The Morgan fingerprint density at radius 1 is 0.930 bits per heavy atom. The van der Waals surface area contributed by atoms with Crippen LogP contribution < -0.4 is 14.4 Å². The van der Waals surface area contributed by atoms with Crippen molar-refractivity contribution in [1.29, 1.82) is 0 Å². The summed E-state index contributed by atoms with van der Waals surface area (Å²) in [7, 11) is -3.61. The van der Waals surface area contributed by atoms with Gasteiger partial charge in [0.25, 0.3) is 0 Å². The molecule has 0 heterocycles. The molecule has 3 aromatic carbocycles. The lowest BCUT2D eigenvalue weighted by Crippen LogP contribution is -2.50. The van der Waals surface area contributed by atoms with Crippen molar-refractivity contribution in [2.24, 2.45) is 0 Å². The maximum absolute atomic E-state index is 13.9. The first kappa shape index (κ1) is 33.9. The van der Waals surface area contributed by atoms with Gasteiger partial charge in [0.1, 0.15) is 11.8 Å². The molecule has 232 valence electrons. The second kappa shape index (κ2) is 16.9. The summed E-state index contributed by atoms with van der Waals surface area (Å²) in [5, 5.41) is 3.51. The molecule has 43 heavy (non-hydrogen) atoms. The molecule has 0 aliphatic rings. The zero-order valence-corrected chi connectivity index (χ0v) is 26.7. The van der Waals surface area contributed by atoms with Gasteiger partial charge in [-0.15, -0.1) is 0 Å². The summed E-state index contributed by atoms with van der Waals surface area (Å²) < 4.78 is 32.1. The van der Waals surface area contributed by atoms with Gasteiger partial charge < -0.3 is 15.0 Å². The number of rotatable bonds is 17. The highest BCUT2D eigenvalue weighted by atomic mass is 35.5. The molecule has 0 saturated carbocycles. The fourth-order valence-electron chi connectivity index (χ4n) is 4.75. The molecule has 0 aliphatic carbocycles. The predicted octanol–water partition coefficient (Wildman–Crippen LogP) is 5.84. The Balaban J connectivity index is 1.86. The van der Waals surface area contributed by atoms with E-state index in [1.54, 1.807) is 35.2 Å². The molecule has 2 amide bonds. The molecule has 0 aromatic heterocycles. The maximum atomic E-state index is 13.9. The summed E-state index contributed by atoms with van der Waals surface area (Å²) in [5.74, 6) is 0.156. The number of unbranched alkanes of at least 4 members (excludes halogenated alkanes) is 1. The van der Waals surface area contributed by atoms with Gasteiger partial charge in [-0.2, -0.15) is 0 Å². The zero-order valence-electron chi connectivity index (χ0n) is 25.2. The number of amides is 2. The molecule has 3 aromatic rings. The number of sulfonamides is 1. The fraction of sp³-hybridized carbons (Fsp3) is 0.394. The highest BCUT2D eigenvalue weighted by Gasteiger charge is 2.31. The van der Waals surface area contributed by atoms with Crippen LogP contribution in [0.5, 0.6) is 5.75 Å². The number of benzene rings is 3. The van der Waals surface area contributed by atoms with Gasteiger partial charge in [0.15, 0.2) is 0 Å². The monoisotopic (exact) mass is 627 g/mol. The molecule has 10 heteroatoms. The van der Waals surface area contributed by atoms with Gasteiger partial charge in [0.05, 0.1) is 18.6 Å². The lowest BCUT2D eigenvalue weighted by molar-refractivity contribution is -0.141. The molecular weight excluding hydrogens is 586 g/mol. The lowest BCUT2D eigenvalue weighted by atomic mass is 10.0. The van der Waals surface area contributed by atoms with E-state index in [9.17, 15) is 18.0 Å². The van der Waals surface area contributed by atoms with Crippen molar-refractivity contribution < 1.29 is 22.7 Å². The average Bonchev–Trinajstić information content (AvgIpc) is 2.98. The van der Waals surface area contributed by atoms with Crippen LogP contribution in [0.15, 0.2) is 78.9 Å². The summed E-state index contributed by atoms with van der Waals surface area (Å²) in [6, 6.07) is 22.9. The van der Waals surface area contributed by atoms with Crippen LogP contribution in [0.3, 0.4) is 0 Å². The third kappa shape index (κ3) is 10.6. The van der Waals surface area contributed by atoms with E-state index in [0.717, 1.165) is 30.2 Å². The number of carbonyl (C=O) groups is 2.